The Bertz CT molecular complexity index is 124. The molecule has 5 heteroatoms. The third-order valence-electron chi connectivity index (χ3n) is 0.469. The van der Waals surface area contributed by atoms with Gasteiger partial charge in [0.15, 0.2) is 0 Å². The van der Waals surface area contributed by atoms with Gasteiger partial charge in [-0.15, -0.1) is 9.05 Å². The first-order valence-corrected chi connectivity index (χ1v) is 4.36. The van der Waals surface area contributed by atoms with E-state index in [-0.39, 0.29) is 0 Å². The van der Waals surface area contributed by atoms with Crippen LogP contribution in [0.3, 0.4) is 0 Å². The summed E-state index contributed by atoms with van der Waals surface area (Å²) in [5.74, 6) is 0. The van der Waals surface area contributed by atoms with Crippen LogP contribution in [0.15, 0.2) is 0 Å². The summed E-state index contributed by atoms with van der Waals surface area (Å²) in [4.78, 5) is 0. The summed E-state index contributed by atoms with van der Waals surface area (Å²) in [6, 6.07) is 1.75. The van der Waals surface area contributed by atoms with E-state index >= 15 is 0 Å². The smallest absolute Gasteiger partial charge is 0.199 e. The predicted octanol–water partition coefficient (Wildman–Crippen LogP) is 2.25. The van der Waals surface area contributed by atoms with E-state index in [0.717, 1.165) is 0 Å². The zero-order chi connectivity index (χ0) is 9.11. The lowest BCUT2D eigenvalue weighted by Gasteiger charge is -1.78. The van der Waals surface area contributed by atoms with E-state index in [1.54, 1.807) is 19.9 Å². The van der Waals surface area contributed by atoms with Crippen LogP contribution in [0.2, 0.25) is 0 Å². The lowest BCUT2D eigenvalue weighted by molar-refractivity contribution is 0.243. The highest BCUT2D eigenvalue weighted by molar-refractivity contribution is 7.33. The quantitative estimate of drug-likeness (QED) is 0.619. The van der Waals surface area contributed by atoms with Gasteiger partial charge >= 0.3 is 8.25 Å². The van der Waals surface area contributed by atoms with E-state index in [9.17, 15) is 4.57 Å². The molecule has 11 heavy (non-hydrogen) atoms. The number of nitriles is 1. The Kier molecular flexibility index (Phi) is 14.6. The van der Waals surface area contributed by atoms with Gasteiger partial charge < -0.3 is 0 Å². The summed E-state index contributed by atoms with van der Waals surface area (Å²) in [5.41, 5.74) is 0. The molecule has 0 rings (SSSR count). The fourth-order valence-electron chi connectivity index (χ4n) is 0.248. The Balaban J connectivity index is 0. The minimum Gasteiger partial charge on any atom is -0.199 e. The highest BCUT2D eigenvalue weighted by atomic mass is 31.1. The molecule has 0 N–H and O–H groups in total. The second-order valence-corrected chi connectivity index (χ2v) is 2.25. The Morgan fingerprint density at radius 3 is 1.82 bits per heavy atom. The Morgan fingerprint density at radius 2 is 1.64 bits per heavy atom. The van der Waals surface area contributed by atoms with Gasteiger partial charge in [0.2, 0.25) is 0 Å². The first kappa shape index (κ1) is 13.1. The van der Waals surface area contributed by atoms with Crippen LogP contribution in [0, 0.1) is 11.3 Å². The van der Waals surface area contributed by atoms with Crippen molar-refractivity contribution in [2.75, 3.05) is 13.2 Å². The monoisotopic (exact) mass is 178 g/mol. The molecule has 0 aliphatic rings. The number of hydrogen-bond acceptors (Lipinski definition) is 4. The zero-order valence-corrected chi connectivity index (χ0v) is 7.93. The van der Waals surface area contributed by atoms with Gasteiger partial charge in [0, 0.05) is 11.5 Å². The molecule has 0 amide bonds. The van der Waals surface area contributed by atoms with Gasteiger partial charge in [0.05, 0.1) is 6.07 Å². The highest BCUT2D eigenvalue weighted by Gasteiger charge is 2.15. The second kappa shape index (κ2) is 12.2. The first-order valence-electron chi connectivity index (χ1n) is 3.26. The van der Waals surface area contributed by atoms with E-state index in [1.165, 1.54) is 6.92 Å². The van der Waals surface area contributed by atoms with E-state index in [4.69, 9.17) is 5.26 Å². The topological polar surface area (TPSA) is 59.3 Å². The van der Waals surface area contributed by atoms with Crippen LogP contribution in [0.4, 0.5) is 0 Å². The first-order chi connectivity index (χ1) is 5.22. The Morgan fingerprint density at radius 1 is 1.36 bits per heavy atom. The Hall–Kier alpha value is -0.490. The van der Waals surface area contributed by atoms with Gasteiger partial charge in [-0.05, 0) is 13.8 Å². The fourth-order valence-corrected chi connectivity index (χ4v) is 0.744. The molecular formula is C6H13NO3P+. The third-order valence-corrected chi connectivity index (χ3v) is 1.41. The number of hydrogen-bond donors (Lipinski definition) is 0. The average Bonchev–Trinajstić information content (AvgIpc) is 1.90. The molecule has 0 saturated carbocycles. The van der Waals surface area contributed by atoms with E-state index in [1.807, 2.05) is 0 Å². The predicted molar refractivity (Wildman–Crippen MR) is 42.1 cm³/mol. The lowest BCUT2D eigenvalue weighted by atomic mass is 10.9. The molecule has 0 fully saturated rings. The second-order valence-electron chi connectivity index (χ2n) is 1.28. The van der Waals surface area contributed by atoms with Crippen molar-refractivity contribution >= 4 is 8.25 Å². The van der Waals surface area contributed by atoms with Crippen LogP contribution < -0.4 is 0 Å². The van der Waals surface area contributed by atoms with Crippen LogP contribution in [0.5, 0.6) is 0 Å². The van der Waals surface area contributed by atoms with Gasteiger partial charge in [-0.2, -0.15) is 5.26 Å². The summed E-state index contributed by atoms with van der Waals surface area (Å²) in [5, 5.41) is 7.32. The van der Waals surface area contributed by atoms with Crippen molar-refractivity contribution in [3.8, 4) is 6.07 Å². The minimum absolute atomic E-state index is 0.440. The summed E-state index contributed by atoms with van der Waals surface area (Å²) in [7, 11) is -1.83. The molecule has 0 unspecified atom stereocenters. The van der Waals surface area contributed by atoms with Crippen LogP contribution in [-0.4, -0.2) is 13.2 Å². The molecule has 0 spiro atoms. The van der Waals surface area contributed by atoms with Gasteiger partial charge in [-0.1, -0.05) is 0 Å². The number of nitrogens with zero attached hydrogens (tertiary/aromatic N) is 1. The number of rotatable bonds is 4. The van der Waals surface area contributed by atoms with Crippen molar-refractivity contribution in [1.82, 2.24) is 0 Å². The molecule has 0 aromatic carbocycles. The van der Waals surface area contributed by atoms with Crippen LogP contribution in [0.25, 0.3) is 0 Å². The summed E-state index contributed by atoms with van der Waals surface area (Å²) >= 11 is 0. The van der Waals surface area contributed by atoms with Crippen molar-refractivity contribution in [1.29, 1.82) is 5.26 Å². The van der Waals surface area contributed by atoms with E-state index in [2.05, 4.69) is 9.05 Å². The summed E-state index contributed by atoms with van der Waals surface area (Å²) in [6.45, 7) is 5.85. The van der Waals surface area contributed by atoms with E-state index < -0.39 is 8.25 Å². The van der Waals surface area contributed by atoms with Crippen LogP contribution >= 0.6 is 8.25 Å². The molecule has 0 aliphatic carbocycles. The van der Waals surface area contributed by atoms with Crippen molar-refractivity contribution < 1.29 is 13.6 Å². The fraction of sp³-hybridized carbons (Fsp3) is 0.833. The lowest BCUT2D eigenvalue weighted by Crippen LogP contribution is -1.81. The van der Waals surface area contributed by atoms with Crippen molar-refractivity contribution in [2.24, 2.45) is 0 Å². The molecule has 0 atom stereocenters. The minimum atomic E-state index is -1.83. The van der Waals surface area contributed by atoms with Gasteiger partial charge in [0.25, 0.3) is 0 Å². The summed E-state index contributed by atoms with van der Waals surface area (Å²) < 4.78 is 19.5. The SMILES string of the molecule is CC#N.CCO[P+](=O)OCC. The highest BCUT2D eigenvalue weighted by Crippen LogP contribution is 2.21. The molecule has 4 nitrogen and oxygen atoms in total. The van der Waals surface area contributed by atoms with Crippen molar-refractivity contribution in [3.63, 3.8) is 0 Å². The molecule has 0 aromatic rings. The zero-order valence-electron chi connectivity index (χ0n) is 7.03. The normalized spacial score (nSPS) is 7.45. The Labute approximate surface area is 68.1 Å². The maximum atomic E-state index is 10.3. The standard InChI is InChI=1S/C4H10O3P.C2H3N/c1-3-6-8(5)7-4-2;1-2-3/h3-4H2,1-2H3;1H3/q+1;. The summed E-state index contributed by atoms with van der Waals surface area (Å²) in [6.07, 6.45) is 0. The van der Waals surface area contributed by atoms with Gasteiger partial charge in [0.1, 0.15) is 13.2 Å². The third kappa shape index (κ3) is 17.7. The van der Waals surface area contributed by atoms with Crippen molar-refractivity contribution in [2.45, 2.75) is 20.8 Å². The maximum absolute atomic E-state index is 10.3. The maximum Gasteiger partial charge on any atom is 0.697 e. The molecule has 64 valence electrons. The largest absolute Gasteiger partial charge is 0.697 e. The molecule has 0 aromatic heterocycles. The molecule has 0 aliphatic heterocycles. The molecule has 0 bridgehead atoms. The van der Waals surface area contributed by atoms with Crippen LogP contribution in [0.1, 0.15) is 20.8 Å². The van der Waals surface area contributed by atoms with E-state index in [0.29, 0.717) is 13.2 Å². The molecular weight excluding hydrogens is 165 g/mol. The van der Waals surface area contributed by atoms with Crippen LogP contribution in [-0.2, 0) is 13.6 Å². The van der Waals surface area contributed by atoms with Crippen molar-refractivity contribution in [3.05, 3.63) is 0 Å². The average molecular weight is 178 g/mol. The van der Waals surface area contributed by atoms with Gasteiger partial charge in [-0.25, -0.2) is 0 Å². The molecule has 0 radical (unpaired) electrons. The molecule has 0 heterocycles. The molecule has 0 saturated heterocycles. The van der Waals surface area contributed by atoms with Gasteiger partial charge in [-0.3, -0.25) is 0 Å².